The summed E-state index contributed by atoms with van der Waals surface area (Å²) < 4.78 is 2.19. The molecule has 1 saturated heterocycles. The van der Waals surface area contributed by atoms with Crippen LogP contribution in [-0.4, -0.2) is 39.3 Å². The molecule has 30 heavy (non-hydrogen) atoms. The molecule has 162 valence electrons. The summed E-state index contributed by atoms with van der Waals surface area (Å²) in [5.74, 6) is -0.388. The zero-order valence-corrected chi connectivity index (χ0v) is 18.3. The van der Waals surface area contributed by atoms with E-state index in [0.29, 0.717) is 18.4 Å². The molecule has 1 N–H and O–H groups in total. The normalized spacial score (nSPS) is 21.1. The van der Waals surface area contributed by atoms with E-state index in [9.17, 15) is 14.4 Å². The van der Waals surface area contributed by atoms with Crippen LogP contribution in [0.1, 0.15) is 86.0 Å². The van der Waals surface area contributed by atoms with E-state index in [1.54, 1.807) is 0 Å². The minimum atomic E-state index is -0.778. The first kappa shape index (κ1) is 20.9. The van der Waals surface area contributed by atoms with Gasteiger partial charge in [0.05, 0.1) is 6.54 Å². The van der Waals surface area contributed by atoms with Crippen molar-refractivity contribution in [3.05, 3.63) is 34.7 Å². The van der Waals surface area contributed by atoms with Crippen LogP contribution in [0, 0.1) is 13.8 Å². The maximum absolute atomic E-state index is 13.1. The second-order valence-corrected chi connectivity index (χ2v) is 9.18. The second-order valence-electron chi connectivity index (χ2n) is 9.18. The molecule has 6 heteroatoms. The number of Topliss-reactive ketones (excluding diaryl/α,β-unsaturated/α-hetero) is 1. The van der Waals surface area contributed by atoms with Crippen molar-refractivity contribution < 1.29 is 14.4 Å². The molecule has 0 bridgehead atoms. The predicted octanol–water partition coefficient (Wildman–Crippen LogP) is 4.43. The summed E-state index contributed by atoms with van der Waals surface area (Å²) in [5, 5.41) is 2.89. The first-order valence-corrected chi connectivity index (χ1v) is 11.4. The van der Waals surface area contributed by atoms with Gasteiger partial charge in [0.2, 0.25) is 0 Å². The molecular weight excluding hydrogens is 378 g/mol. The number of carbonyl (C=O) groups excluding carboxylic acids is 3. The molecule has 0 atom stereocenters. The van der Waals surface area contributed by atoms with Crippen LogP contribution in [0.5, 0.6) is 0 Å². The van der Waals surface area contributed by atoms with Gasteiger partial charge in [0, 0.05) is 23.5 Å². The largest absolute Gasteiger partial charge is 0.348 e. The minimum Gasteiger partial charge on any atom is -0.348 e. The lowest BCUT2D eigenvalue weighted by Crippen LogP contribution is -2.48. The van der Waals surface area contributed by atoms with Crippen molar-refractivity contribution in [2.45, 2.75) is 90.1 Å². The van der Waals surface area contributed by atoms with Crippen LogP contribution < -0.4 is 5.32 Å². The molecule has 0 aromatic carbocycles. The van der Waals surface area contributed by atoms with Crippen molar-refractivity contribution in [1.82, 2.24) is 14.8 Å². The molecule has 2 heterocycles. The fourth-order valence-electron chi connectivity index (χ4n) is 5.36. The van der Waals surface area contributed by atoms with E-state index in [2.05, 4.69) is 16.0 Å². The van der Waals surface area contributed by atoms with Crippen LogP contribution in [-0.2, 0) is 11.3 Å². The quantitative estimate of drug-likeness (QED) is 0.427. The number of rotatable bonds is 6. The number of carbonyl (C=O) groups is 3. The number of urea groups is 1. The van der Waals surface area contributed by atoms with E-state index in [1.165, 1.54) is 31.3 Å². The zero-order valence-electron chi connectivity index (χ0n) is 18.3. The number of hydrogen-bond acceptors (Lipinski definition) is 3. The average molecular weight is 412 g/mol. The van der Waals surface area contributed by atoms with Crippen LogP contribution in [0.4, 0.5) is 4.79 Å². The molecule has 4 rings (SSSR count). The molecule has 2 fully saturated rings. The highest BCUT2D eigenvalue weighted by atomic mass is 16.2. The van der Waals surface area contributed by atoms with Crippen molar-refractivity contribution in [3.8, 4) is 0 Å². The van der Waals surface area contributed by atoms with Gasteiger partial charge in [-0.05, 0) is 64.9 Å². The first-order chi connectivity index (χ1) is 14.4. The van der Waals surface area contributed by atoms with E-state index in [-0.39, 0.29) is 18.2 Å². The van der Waals surface area contributed by atoms with E-state index in [0.717, 1.165) is 48.5 Å². The monoisotopic (exact) mass is 411 g/mol. The fourth-order valence-corrected chi connectivity index (χ4v) is 5.36. The summed E-state index contributed by atoms with van der Waals surface area (Å²) in [4.78, 5) is 39.7. The average Bonchev–Trinajstić information content (AvgIpc) is 3.15. The molecule has 1 saturated carbocycles. The lowest BCUT2D eigenvalue weighted by atomic mass is 9.82. The van der Waals surface area contributed by atoms with E-state index < -0.39 is 11.6 Å². The van der Waals surface area contributed by atoms with Crippen LogP contribution in [0.2, 0.25) is 0 Å². The summed E-state index contributed by atoms with van der Waals surface area (Å²) in [6, 6.07) is 1.48. The van der Waals surface area contributed by atoms with E-state index in [4.69, 9.17) is 0 Å². The van der Waals surface area contributed by atoms with Crippen LogP contribution in [0.3, 0.4) is 0 Å². The number of amides is 3. The number of hydrogen-bond donors (Lipinski definition) is 1. The standard InChI is InChI=1S/C24H33N3O3/c1-17-15-20(18(2)26(17)14-11-19-9-5-3-6-10-19)21(28)16-27-22(29)24(25-23(27)30)12-7-4-8-13-24/h9,15H,3-8,10-14,16H2,1-2H3,(H,25,30). The number of nitrogens with one attached hydrogen (secondary N) is 1. The van der Waals surface area contributed by atoms with Crippen molar-refractivity contribution in [2.24, 2.45) is 0 Å². The Bertz CT molecular complexity index is 890. The number of allylic oxidation sites excluding steroid dienone is 2. The molecule has 3 amide bonds. The lowest BCUT2D eigenvalue weighted by Gasteiger charge is -2.30. The van der Waals surface area contributed by atoms with Crippen LogP contribution >= 0.6 is 0 Å². The Balaban J connectivity index is 1.45. The van der Waals surface area contributed by atoms with Crippen molar-refractivity contribution >= 4 is 17.7 Å². The molecule has 1 aromatic rings. The molecule has 0 unspecified atom stereocenters. The van der Waals surface area contributed by atoms with Gasteiger partial charge < -0.3 is 9.88 Å². The second kappa shape index (κ2) is 8.40. The summed E-state index contributed by atoms with van der Waals surface area (Å²) >= 11 is 0. The maximum atomic E-state index is 13.1. The number of aromatic nitrogens is 1. The Hall–Kier alpha value is -2.37. The van der Waals surface area contributed by atoms with Crippen molar-refractivity contribution in [1.29, 1.82) is 0 Å². The number of aryl methyl sites for hydroxylation is 1. The van der Waals surface area contributed by atoms with Gasteiger partial charge in [0.1, 0.15) is 5.54 Å². The van der Waals surface area contributed by atoms with Crippen molar-refractivity contribution in [3.63, 3.8) is 0 Å². The van der Waals surface area contributed by atoms with Gasteiger partial charge in [-0.15, -0.1) is 0 Å². The third-order valence-corrected chi connectivity index (χ3v) is 7.17. The number of nitrogens with zero attached hydrogens (tertiary/aromatic N) is 2. The molecule has 1 aromatic heterocycles. The Morgan fingerprint density at radius 1 is 1.10 bits per heavy atom. The molecule has 6 nitrogen and oxygen atoms in total. The summed E-state index contributed by atoms with van der Waals surface area (Å²) in [6.45, 7) is 4.67. The topological polar surface area (TPSA) is 71.4 Å². The third kappa shape index (κ3) is 3.84. The van der Waals surface area contributed by atoms with Crippen molar-refractivity contribution in [2.75, 3.05) is 6.54 Å². The molecule has 3 aliphatic rings. The van der Waals surface area contributed by atoms with Gasteiger partial charge in [-0.25, -0.2) is 4.79 Å². The van der Waals surface area contributed by atoms with E-state index in [1.807, 2.05) is 19.9 Å². The third-order valence-electron chi connectivity index (χ3n) is 7.17. The van der Waals surface area contributed by atoms with E-state index >= 15 is 0 Å². The van der Waals surface area contributed by atoms with Crippen LogP contribution in [0.25, 0.3) is 0 Å². The molecule has 1 spiro atoms. The summed E-state index contributed by atoms with van der Waals surface area (Å²) in [7, 11) is 0. The SMILES string of the molecule is Cc1cc(C(=O)CN2C(=O)NC3(CCCCC3)C2=O)c(C)n1CCC1=CCCCC1. The molecule has 1 aliphatic heterocycles. The van der Waals surface area contributed by atoms with Gasteiger partial charge in [0.15, 0.2) is 5.78 Å². The molecule has 0 radical (unpaired) electrons. The van der Waals surface area contributed by atoms with Gasteiger partial charge in [-0.2, -0.15) is 0 Å². The summed E-state index contributed by atoms with van der Waals surface area (Å²) in [5.41, 5.74) is 3.33. The zero-order chi connectivity index (χ0) is 21.3. The first-order valence-electron chi connectivity index (χ1n) is 11.4. The maximum Gasteiger partial charge on any atom is 0.325 e. The highest BCUT2D eigenvalue weighted by Gasteiger charge is 2.51. The number of imide groups is 1. The Morgan fingerprint density at radius 2 is 1.87 bits per heavy atom. The number of ketones is 1. The van der Waals surface area contributed by atoms with Crippen LogP contribution in [0.15, 0.2) is 17.7 Å². The highest BCUT2D eigenvalue weighted by molar-refractivity contribution is 6.11. The lowest BCUT2D eigenvalue weighted by molar-refractivity contribution is -0.132. The summed E-state index contributed by atoms with van der Waals surface area (Å²) in [6.07, 6.45) is 12.6. The smallest absolute Gasteiger partial charge is 0.325 e. The Kier molecular flexibility index (Phi) is 5.85. The van der Waals surface area contributed by atoms with Gasteiger partial charge in [0.25, 0.3) is 5.91 Å². The van der Waals surface area contributed by atoms with Gasteiger partial charge in [-0.3, -0.25) is 14.5 Å². The fraction of sp³-hybridized carbons (Fsp3) is 0.625. The van der Waals surface area contributed by atoms with Gasteiger partial charge >= 0.3 is 6.03 Å². The Morgan fingerprint density at radius 3 is 2.57 bits per heavy atom. The molecule has 2 aliphatic carbocycles. The minimum absolute atomic E-state index is 0.164. The predicted molar refractivity (Wildman–Crippen MR) is 115 cm³/mol. The Labute approximate surface area is 178 Å². The van der Waals surface area contributed by atoms with Gasteiger partial charge in [-0.1, -0.05) is 30.9 Å². The highest BCUT2D eigenvalue weighted by Crippen LogP contribution is 2.34. The molecular formula is C24H33N3O3.